The van der Waals surface area contributed by atoms with E-state index in [-0.39, 0.29) is 12.2 Å². The molecule has 1 fully saturated rings. The molecule has 0 radical (unpaired) electrons. The number of rotatable bonds is 10. The average molecular weight is 710 g/mol. The van der Waals surface area contributed by atoms with Gasteiger partial charge in [-0.15, -0.1) is 0 Å². The third-order valence-corrected chi connectivity index (χ3v) is 24.7. The van der Waals surface area contributed by atoms with E-state index in [1.54, 1.807) is 0 Å². The molecule has 2 atom stereocenters. The van der Waals surface area contributed by atoms with Gasteiger partial charge in [0.05, 0.1) is 0 Å². The molecule has 6 aromatic rings. The van der Waals surface area contributed by atoms with E-state index < -0.39 is 11.9 Å². The van der Waals surface area contributed by atoms with Gasteiger partial charge in [-0.25, -0.2) is 0 Å². The standard InChI is InChI=1S/C42H40Cl2O2P2/c43-47(37-19-7-1-8-20-37,38-21-9-2-10-22-38,39-23-11-3-12-24-39)33-35-31-46-36(32-45-35)34-48(44,40-25-13-4-14-26-40,41-27-15-5-16-28-41)42-29-17-6-18-30-42/h1-30,35-36H,31-34H2/t35-,36+. The molecule has 244 valence electrons. The zero-order valence-corrected chi connectivity index (χ0v) is 30.1. The van der Waals surface area contributed by atoms with Crippen molar-refractivity contribution < 1.29 is 9.47 Å². The second-order valence-corrected chi connectivity index (χ2v) is 25.7. The van der Waals surface area contributed by atoms with Crippen LogP contribution in [0.15, 0.2) is 182 Å². The molecule has 0 saturated carbocycles. The number of benzene rings is 6. The number of hydrogen-bond acceptors (Lipinski definition) is 2. The fourth-order valence-corrected chi connectivity index (χ4v) is 20.2. The zero-order valence-electron chi connectivity index (χ0n) is 26.8. The van der Waals surface area contributed by atoms with E-state index in [4.69, 9.17) is 32.0 Å². The summed E-state index contributed by atoms with van der Waals surface area (Å²) in [6.45, 7) is 0.840. The quantitative estimate of drug-likeness (QED) is 0.134. The first-order chi connectivity index (χ1) is 23.4. The van der Waals surface area contributed by atoms with Crippen molar-refractivity contribution in [1.82, 2.24) is 0 Å². The predicted molar refractivity (Wildman–Crippen MR) is 211 cm³/mol. The predicted octanol–water partition coefficient (Wildman–Crippen LogP) is 8.14. The van der Waals surface area contributed by atoms with E-state index in [0.29, 0.717) is 25.5 Å². The third kappa shape index (κ3) is 5.64. The van der Waals surface area contributed by atoms with Gasteiger partial charge in [0.25, 0.3) is 0 Å². The van der Waals surface area contributed by atoms with Crippen LogP contribution in [-0.4, -0.2) is 37.7 Å². The van der Waals surface area contributed by atoms with Crippen molar-refractivity contribution in [3.8, 4) is 0 Å². The normalized spacial score (nSPS) is 18.5. The Kier molecular flexibility index (Phi) is 9.36. The summed E-state index contributed by atoms with van der Waals surface area (Å²) in [6.07, 6.45) is 0.781. The maximum atomic E-state index is 8.39. The van der Waals surface area contributed by atoms with Gasteiger partial charge in [-0.2, -0.15) is 0 Å². The van der Waals surface area contributed by atoms with E-state index >= 15 is 0 Å². The topological polar surface area (TPSA) is 18.5 Å². The summed E-state index contributed by atoms with van der Waals surface area (Å²) in [6, 6.07) is 63.4. The summed E-state index contributed by atoms with van der Waals surface area (Å²) in [7, 11) is 0. The summed E-state index contributed by atoms with van der Waals surface area (Å²) in [5, 5.41) is 6.73. The molecule has 0 amide bonds. The monoisotopic (exact) mass is 708 g/mol. The molecule has 1 aliphatic heterocycles. The van der Waals surface area contributed by atoms with E-state index in [9.17, 15) is 0 Å². The zero-order chi connectivity index (χ0) is 33.0. The van der Waals surface area contributed by atoms with E-state index in [1.807, 2.05) is 36.4 Å². The van der Waals surface area contributed by atoms with Crippen molar-refractivity contribution in [2.24, 2.45) is 0 Å². The number of halogens is 2. The molecule has 48 heavy (non-hydrogen) atoms. The van der Waals surface area contributed by atoms with Crippen LogP contribution in [0.1, 0.15) is 0 Å². The van der Waals surface area contributed by atoms with Gasteiger partial charge in [-0.1, -0.05) is 0 Å². The minimum absolute atomic E-state index is 0.219. The van der Waals surface area contributed by atoms with Crippen molar-refractivity contribution in [3.63, 3.8) is 0 Å². The Labute approximate surface area is 294 Å². The van der Waals surface area contributed by atoms with E-state index in [2.05, 4.69) is 146 Å². The van der Waals surface area contributed by atoms with Crippen LogP contribution in [0.5, 0.6) is 0 Å². The summed E-state index contributed by atoms with van der Waals surface area (Å²) < 4.78 is 13.7. The van der Waals surface area contributed by atoms with Crippen LogP contribution < -0.4 is 31.8 Å². The molecule has 6 aromatic carbocycles. The molecule has 1 aliphatic rings. The van der Waals surface area contributed by atoms with E-state index in [0.717, 1.165) is 31.8 Å². The van der Waals surface area contributed by atoms with Crippen LogP contribution in [0.3, 0.4) is 0 Å². The summed E-state index contributed by atoms with van der Waals surface area (Å²) in [5.74, 6) is -7.06. The number of hydrogen-bond donors (Lipinski definition) is 0. The molecular weight excluding hydrogens is 669 g/mol. The minimum atomic E-state index is -3.53. The molecule has 0 unspecified atom stereocenters. The van der Waals surface area contributed by atoms with Gasteiger partial charge in [0.1, 0.15) is 0 Å². The van der Waals surface area contributed by atoms with Crippen LogP contribution in [0.2, 0.25) is 0 Å². The Bertz CT molecular complexity index is 1580. The molecule has 0 spiro atoms. The fourth-order valence-electron chi connectivity index (χ4n) is 7.52. The van der Waals surface area contributed by atoms with Gasteiger partial charge in [0.2, 0.25) is 0 Å². The molecule has 7 rings (SSSR count). The molecule has 1 heterocycles. The van der Waals surface area contributed by atoms with Crippen molar-refractivity contribution in [1.29, 1.82) is 0 Å². The van der Waals surface area contributed by atoms with Crippen LogP contribution in [0.25, 0.3) is 0 Å². The van der Waals surface area contributed by atoms with Crippen LogP contribution in [0.4, 0.5) is 0 Å². The van der Waals surface area contributed by atoms with E-state index in [1.165, 1.54) is 0 Å². The SMILES string of the molecule is ClP(C[C@H]1CO[C@H](CP(Cl)(c2ccccc2)(c2ccccc2)c2ccccc2)CO1)(c1ccccc1)(c1ccccc1)c1ccccc1. The Hall–Kier alpha value is -3.32. The molecule has 0 aliphatic carbocycles. The van der Waals surface area contributed by atoms with Crippen molar-refractivity contribution >= 4 is 66.2 Å². The second kappa shape index (κ2) is 13.5. The molecule has 0 aromatic heterocycles. The first-order valence-electron chi connectivity index (χ1n) is 16.5. The second-order valence-electron chi connectivity index (χ2n) is 12.7. The first kappa shape index (κ1) is 33.2. The van der Waals surface area contributed by atoms with Crippen LogP contribution in [0, 0.1) is 0 Å². The maximum absolute atomic E-state index is 8.39. The third-order valence-electron chi connectivity index (χ3n) is 9.90. The Morgan fingerprint density at radius 1 is 0.354 bits per heavy atom. The molecule has 0 N–H and O–H groups in total. The van der Waals surface area contributed by atoms with Gasteiger partial charge in [0, 0.05) is 0 Å². The van der Waals surface area contributed by atoms with Gasteiger partial charge < -0.3 is 0 Å². The summed E-state index contributed by atoms with van der Waals surface area (Å²) >= 11 is 16.8. The first-order valence-corrected chi connectivity index (χ1v) is 23.1. The van der Waals surface area contributed by atoms with Gasteiger partial charge >= 0.3 is 295 Å². The number of ether oxygens (including phenoxy) is 2. The van der Waals surface area contributed by atoms with Crippen molar-refractivity contribution in [3.05, 3.63) is 182 Å². The Morgan fingerprint density at radius 3 is 0.708 bits per heavy atom. The van der Waals surface area contributed by atoms with Crippen molar-refractivity contribution in [2.75, 3.05) is 25.5 Å². The van der Waals surface area contributed by atoms with Crippen LogP contribution in [-0.2, 0) is 9.47 Å². The summed E-state index contributed by atoms with van der Waals surface area (Å²) in [4.78, 5) is 0. The fraction of sp³-hybridized carbons (Fsp3) is 0.143. The van der Waals surface area contributed by atoms with Crippen molar-refractivity contribution in [2.45, 2.75) is 12.2 Å². The average Bonchev–Trinajstić information content (AvgIpc) is 3.18. The Morgan fingerprint density at radius 2 is 0.542 bits per heavy atom. The molecular formula is C42H40Cl2O2P2. The summed E-state index contributed by atoms with van der Waals surface area (Å²) in [5.41, 5.74) is 0. The van der Waals surface area contributed by atoms with Gasteiger partial charge in [0.15, 0.2) is 0 Å². The molecule has 6 heteroatoms. The molecule has 1 saturated heterocycles. The van der Waals surface area contributed by atoms with Gasteiger partial charge in [-0.3, -0.25) is 0 Å². The van der Waals surface area contributed by atoms with Gasteiger partial charge in [-0.05, 0) is 0 Å². The molecule has 2 nitrogen and oxygen atoms in total. The molecule has 0 bridgehead atoms. The van der Waals surface area contributed by atoms with Crippen LogP contribution >= 0.6 is 34.4 Å². The Balaban J connectivity index is 1.26.